The third-order valence-electron chi connectivity index (χ3n) is 3.84. The first-order chi connectivity index (χ1) is 8.55. The summed E-state index contributed by atoms with van der Waals surface area (Å²) in [5.74, 6) is -0.774. The van der Waals surface area contributed by atoms with Gasteiger partial charge in [0.1, 0.15) is 0 Å². The molecule has 0 bridgehead atoms. The number of carboxylic acid groups (broad SMARTS) is 1. The molecule has 0 aromatic carbocycles. The van der Waals surface area contributed by atoms with Crippen LogP contribution in [-0.4, -0.2) is 35.0 Å². The minimum absolute atomic E-state index is 0.0167. The number of carboxylic acids is 1. The second-order valence-corrected chi connectivity index (χ2v) is 5.35. The maximum atomic E-state index is 12.3. The first-order valence-electron chi connectivity index (χ1n) is 7.07. The van der Waals surface area contributed by atoms with E-state index in [0.717, 1.165) is 38.8 Å². The van der Waals surface area contributed by atoms with Gasteiger partial charge < -0.3 is 10.0 Å². The van der Waals surface area contributed by atoms with Crippen molar-refractivity contribution in [2.24, 2.45) is 5.41 Å². The van der Waals surface area contributed by atoms with Crippen LogP contribution in [-0.2, 0) is 9.59 Å². The number of aliphatic carboxylic acids is 1. The minimum Gasteiger partial charge on any atom is -0.481 e. The Balaban J connectivity index is 2.67. The molecule has 18 heavy (non-hydrogen) atoms. The summed E-state index contributed by atoms with van der Waals surface area (Å²) >= 11 is 0. The molecule has 4 heteroatoms. The highest BCUT2D eigenvalue weighted by atomic mass is 16.4. The predicted octanol–water partition coefficient (Wildman–Crippen LogP) is 2.67. The van der Waals surface area contributed by atoms with E-state index in [4.69, 9.17) is 0 Å². The van der Waals surface area contributed by atoms with Gasteiger partial charge >= 0.3 is 5.97 Å². The van der Waals surface area contributed by atoms with Crippen molar-refractivity contribution in [2.75, 3.05) is 13.1 Å². The average molecular weight is 255 g/mol. The summed E-state index contributed by atoms with van der Waals surface area (Å²) in [6.45, 7) is 5.56. The first-order valence-corrected chi connectivity index (χ1v) is 7.07. The van der Waals surface area contributed by atoms with Gasteiger partial charge in [0.05, 0.1) is 5.41 Å². The Morgan fingerprint density at radius 3 is 2.00 bits per heavy atom. The molecule has 1 fully saturated rings. The van der Waals surface area contributed by atoms with Crippen LogP contribution in [0, 0.1) is 5.41 Å². The fraction of sp³-hybridized carbons (Fsp3) is 0.857. The maximum Gasteiger partial charge on any atom is 0.310 e. The van der Waals surface area contributed by atoms with E-state index in [2.05, 4.69) is 0 Å². The van der Waals surface area contributed by atoms with E-state index in [0.29, 0.717) is 12.8 Å². The smallest absolute Gasteiger partial charge is 0.310 e. The second kappa shape index (κ2) is 6.76. The molecule has 0 saturated heterocycles. The molecule has 0 aromatic rings. The normalized spacial score (nSPS) is 17.7. The molecule has 0 radical (unpaired) electrons. The number of carbonyl (C=O) groups excluding carboxylic acids is 1. The Kier molecular flexibility index (Phi) is 5.63. The highest BCUT2D eigenvalue weighted by Crippen LogP contribution is 2.41. The number of hydrogen-bond donors (Lipinski definition) is 1. The number of amides is 1. The van der Waals surface area contributed by atoms with E-state index < -0.39 is 11.4 Å². The molecular formula is C14H25NO3. The summed E-state index contributed by atoms with van der Waals surface area (Å²) in [4.78, 5) is 25.5. The number of rotatable bonds is 7. The first kappa shape index (κ1) is 15.0. The summed E-state index contributed by atoms with van der Waals surface area (Å²) in [5.41, 5.74) is -0.781. The number of carbonyl (C=O) groups is 2. The van der Waals surface area contributed by atoms with Crippen molar-refractivity contribution in [3.05, 3.63) is 0 Å². The van der Waals surface area contributed by atoms with E-state index in [1.807, 2.05) is 18.7 Å². The zero-order valence-corrected chi connectivity index (χ0v) is 11.6. The van der Waals surface area contributed by atoms with Crippen molar-refractivity contribution in [1.29, 1.82) is 0 Å². The van der Waals surface area contributed by atoms with Gasteiger partial charge in [-0.1, -0.05) is 26.7 Å². The zero-order valence-electron chi connectivity index (χ0n) is 11.6. The molecule has 1 rings (SSSR count). The van der Waals surface area contributed by atoms with Crippen LogP contribution >= 0.6 is 0 Å². The lowest BCUT2D eigenvalue weighted by molar-refractivity contribution is -0.153. The molecule has 1 aliphatic carbocycles. The fourth-order valence-electron chi connectivity index (χ4n) is 2.82. The van der Waals surface area contributed by atoms with Crippen LogP contribution in [0.25, 0.3) is 0 Å². The number of nitrogens with zero attached hydrogens (tertiary/aromatic N) is 1. The van der Waals surface area contributed by atoms with Crippen LogP contribution in [0.2, 0.25) is 0 Å². The van der Waals surface area contributed by atoms with Gasteiger partial charge in [-0.05, 0) is 25.7 Å². The molecule has 0 spiro atoms. The van der Waals surface area contributed by atoms with Gasteiger partial charge in [-0.2, -0.15) is 0 Å². The molecule has 1 amide bonds. The van der Waals surface area contributed by atoms with Crippen molar-refractivity contribution < 1.29 is 14.7 Å². The Morgan fingerprint density at radius 1 is 1.11 bits per heavy atom. The number of hydrogen-bond acceptors (Lipinski definition) is 2. The summed E-state index contributed by atoms with van der Waals surface area (Å²) in [7, 11) is 0. The summed E-state index contributed by atoms with van der Waals surface area (Å²) < 4.78 is 0. The molecule has 0 atom stereocenters. The average Bonchev–Trinajstić information content (AvgIpc) is 2.78. The van der Waals surface area contributed by atoms with Crippen LogP contribution < -0.4 is 0 Å². The molecule has 104 valence electrons. The Bertz CT molecular complexity index is 289. The van der Waals surface area contributed by atoms with Gasteiger partial charge in [0.2, 0.25) is 5.91 Å². The zero-order chi connectivity index (χ0) is 13.6. The Hall–Kier alpha value is -1.06. The predicted molar refractivity (Wildman–Crippen MR) is 70.3 cm³/mol. The van der Waals surface area contributed by atoms with Gasteiger partial charge in [-0.3, -0.25) is 9.59 Å². The van der Waals surface area contributed by atoms with Crippen molar-refractivity contribution in [3.63, 3.8) is 0 Å². The quantitative estimate of drug-likeness (QED) is 0.761. The standard InChI is InChI=1S/C14H25NO3/c1-3-9-15(10-4-2)12(16)11-14(13(17)18)7-5-6-8-14/h3-11H2,1-2H3,(H,17,18). The van der Waals surface area contributed by atoms with E-state index in [1.54, 1.807) is 0 Å². The summed E-state index contributed by atoms with van der Waals surface area (Å²) in [5, 5.41) is 9.38. The van der Waals surface area contributed by atoms with Crippen LogP contribution in [0.1, 0.15) is 58.8 Å². The molecule has 1 aliphatic rings. The molecule has 0 aromatic heterocycles. The van der Waals surface area contributed by atoms with Gasteiger partial charge in [0, 0.05) is 19.5 Å². The van der Waals surface area contributed by atoms with Crippen molar-refractivity contribution >= 4 is 11.9 Å². The molecule has 0 aliphatic heterocycles. The monoisotopic (exact) mass is 255 g/mol. The van der Waals surface area contributed by atoms with Gasteiger partial charge in [0.25, 0.3) is 0 Å². The van der Waals surface area contributed by atoms with Gasteiger partial charge in [-0.15, -0.1) is 0 Å². The van der Waals surface area contributed by atoms with Crippen LogP contribution in [0.5, 0.6) is 0 Å². The fourth-order valence-corrected chi connectivity index (χ4v) is 2.82. The molecular weight excluding hydrogens is 230 g/mol. The highest BCUT2D eigenvalue weighted by molar-refractivity contribution is 5.85. The van der Waals surface area contributed by atoms with Gasteiger partial charge in [0.15, 0.2) is 0 Å². The lowest BCUT2D eigenvalue weighted by atomic mass is 9.82. The van der Waals surface area contributed by atoms with Crippen molar-refractivity contribution in [2.45, 2.75) is 58.8 Å². The van der Waals surface area contributed by atoms with E-state index in [-0.39, 0.29) is 12.3 Å². The topological polar surface area (TPSA) is 57.6 Å². The molecule has 1 N–H and O–H groups in total. The lowest BCUT2D eigenvalue weighted by Crippen LogP contribution is -2.39. The van der Waals surface area contributed by atoms with Crippen LogP contribution in [0.3, 0.4) is 0 Å². The SMILES string of the molecule is CCCN(CCC)C(=O)CC1(C(=O)O)CCCC1. The second-order valence-electron chi connectivity index (χ2n) is 5.35. The third-order valence-corrected chi connectivity index (χ3v) is 3.84. The molecule has 0 unspecified atom stereocenters. The van der Waals surface area contributed by atoms with Crippen molar-refractivity contribution in [3.8, 4) is 0 Å². The van der Waals surface area contributed by atoms with E-state index >= 15 is 0 Å². The maximum absolute atomic E-state index is 12.3. The minimum atomic E-state index is -0.790. The largest absolute Gasteiger partial charge is 0.481 e. The lowest BCUT2D eigenvalue weighted by Gasteiger charge is -2.28. The summed E-state index contributed by atoms with van der Waals surface area (Å²) in [6, 6.07) is 0. The Labute approximate surface area is 109 Å². The third kappa shape index (κ3) is 3.47. The molecule has 0 heterocycles. The molecule has 1 saturated carbocycles. The van der Waals surface area contributed by atoms with Crippen LogP contribution in [0.15, 0.2) is 0 Å². The van der Waals surface area contributed by atoms with Gasteiger partial charge in [-0.25, -0.2) is 0 Å². The van der Waals surface area contributed by atoms with E-state index in [1.165, 1.54) is 0 Å². The Morgan fingerprint density at radius 2 is 1.61 bits per heavy atom. The van der Waals surface area contributed by atoms with Crippen LogP contribution in [0.4, 0.5) is 0 Å². The van der Waals surface area contributed by atoms with E-state index in [9.17, 15) is 14.7 Å². The molecule has 4 nitrogen and oxygen atoms in total. The highest BCUT2D eigenvalue weighted by Gasteiger charge is 2.43. The summed E-state index contributed by atoms with van der Waals surface area (Å²) in [6.07, 6.45) is 5.20. The van der Waals surface area contributed by atoms with Crippen molar-refractivity contribution in [1.82, 2.24) is 4.90 Å².